The van der Waals surface area contributed by atoms with Gasteiger partial charge in [-0.25, -0.2) is 17.2 Å². The Bertz CT molecular complexity index is 1170. The Kier molecular flexibility index (Phi) is 6.12. The van der Waals surface area contributed by atoms with Crippen molar-refractivity contribution in [3.8, 4) is 11.5 Å². The van der Waals surface area contributed by atoms with Crippen molar-refractivity contribution in [3.63, 3.8) is 0 Å². The van der Waals surface area contributed by atoms with Gasteiger partial charge in [0.25, 0.3) is 0 Å². The molecule has 0 aliphatic carbocycles. The lowest BCUT2D eigenvalue weighted by Crippen LogP contribution is -2.50. The second-order valence-electron chi connectivity index (χ2n) is 6.87. The summed E-state index contributed by atoms with van der Waals surface area (Å²) in [5.41, 5.74) is 0.821. The van der Waals surface area contributed by atoms with Crippen LogP contribution in [0.1, 0.15) is 12.3 Å². The maximum Gasteiger partial charge on any atom is 0.248 e. The number of nitrogens with zero attached hydrogens (tertiary/aromatic N) is 4. The second-order valence-corrected chi connectivity index (χ2v) is 9.56. The maximum atomic E-state index is 13.9. The van der Waals surface area contributed by atoms with Crippen molar-refractivity contribution in [1.82, 2.24) is 19.4 Å². The molecule has 4 rings (SSSR count). The lowest BCUT2D eigenvalue weighted by atomic mass is 10.2. The van der Waals surface area contributed by atoms with Crippen LogP contribution in [-0.2, 0) is 21.2 Å². The topological polar surface area (TPSA) is 96.6 Å². The van der Waals surface area contributed by atoms with Gasteiger partial charge in [0.1, 0.15) is 16.5 Å². The quantitative estimate of drug-likeness (QED) is 0.552. The summed E-state index contributed by atoms with van der Waals surface area (Å²) in [5, 5.41) is 11.7. The van der Waals surface area contributed by atoms with Crippen LogP contribution in [0.15, 0.2) is 44.3 Å². The maximum absolute atomic E-state index is 13.9. The molecule has 1 amide bonds. The zero-order chi connectivity index (χ0) is 22.0. The Morgan fingerprint density at radius 2 is 1.90 bits per heavy atom. The van der Waals surface area contributed by atoms with Crippen LogP contribution in [0.3, 0.4) is 0 Å². The van der Waals surface area contributed by atoms with Gasteiger partial charge in [0.15, 0.2) is 0 Å². The zero-order valence-electron chi connectivity index (χ0n) is 16.2. The Hall–Kier alpha value is -2.70. The molecule has 1 saturated heterocycles. The van der Waals surface area contributed by atoms with Crippen molar-refractivity contribution >= 4 is 27.3 Å². The molecule has 12 heteroatoms. The molecule has 1 fully saturated rings. The van der Waals surface area contributed by atoms with Crippen LogP contribution >= 0.6 is 11.3 Å². The van der Waals surface area contributed by atoms with E-state index < -0.39 is 26.6 Å². The number of amides is 1. The lowest BCUT2D eigenvalue weighted by molar-refractivity contribution is -0.132. The number of aromatic nitrogens is 2. The van der Waals surface area contributed by atoms with E-state index in [4.69, 9.17) is 4.42 Å². The number of thiophene rings is 1. The molecular weight excluding hydrogens is 450 g/mol. The molecule has 31 heavy (non-hydrogen) atoms. The molecular formula is C19H18F2N4O4S2. The molecule has 0 atom stereocenters. The van der Waals surface area contributed by atoms with Gasteiger partial charge < -0.3 is 9.32 Å². The number of sulfonamides is 1. The SMILES string of the molecule is O=C(CCc1nnc(-c2ccsc2)o1)N1CCN(S(=O)(=O)c2cc(F)ccc2F)CC1. The number of hydrogen-bond acceptors (Lipinski definition) is 7. The van der Waals surface area contributed by atoms with E-state index in [1.165, 1.54) is 16.2 Å². The highest BCUT2D eigenvalue weighted by Gasteiger charge is 2.32. The lowest BCUT2D eigenvalue weighted by Gasteiger charge is -2.34. The summed E-state index contributed by atoms with van der Waals surface area (Å²) < 4.78 is 59.2. The number of benzene rings is 1. The first-order valence-corrected chi connectivity index (χ1v) is 11.8. The number of aryl methyl sites for hydroxylation is 1. The van der Waals surface area contributed by atoms with E-state index in [1.807, 2.05) is 16.8 Å². The fourth-order valence-corrected chi connectivity index (χ4v) is 5.35. The second kappa shape index (κ2) is 8.81. The standard InChI is InChI=1S/C19H18F2N4O4S2/c20-14-1-2-15(21)16(11-14)31(27,28)25-8-6-24(7-9-25)18(26)4-3-17-22-23-19(29-17)13-5-10-30-12-13/h1-2,5,10-12H,3-4,6-9H2. The first-order chi connectivity index (χ1) is 14.8. The average Bonchev–Trinajstić information content (AvgIpc) is 3.45. The highest BCUT2D eigenvalue weighted by Crippen LogP contribution is 2.23. The predicted molar refractivity (Wildman–Crippen MR) is 108 cm³/mol. The molecule has 0 spiro atoms. The van der Waals surface area contributed by atoms with Crippen LogP contribution in [0.4, 0.5) is 8.78 Å². The van der Waals surface area contributed by atoms with Crippen LogP contribution in [-0.4, -0.2) is 59.9 Å². The molecule has 1 aromatic carbocycles. The molecule has 164 valence electrons. The first-order valence-electron chi connectivity index (χ1n) is 9.42. The smallest absolute Gasteiger partial charge is 0.248 e. The Morgan fingerprint density at radius 3 is 2.61 bits per heavy atom. The molecule has 0 radical (unpaired) electrons. The molecule has 3 heterocycles. The summed E-state index contributed by atoms with van der Waals surface area (Å²) in [6.45, 7) is 0.289. The van der Waals surface area contributed by atoms with Gasteiger partial charge >= 0.3 is 0 Å². The third-order valence-electron chi connectivity index (χ3n) is 4.89. The molecule has 1 aliphatic heterocycles. The number of carbonyl (C=O) groups is 1. The van der Waals surface area contributed by atoms with E-state index in [1.54, 1.807) is 0 Å². The van der Waals surface area contributed by atoms with Crippen LogP contribution in [0, 0.1) is 11.6 Å². The molecule has 8 nitrogen and oxygen atoms in total. The zero-order valence-corrected chi connectivity index (χ0v) is 17.8. The highest BCUT2D eigenvalue weighted by molar-refractivity contribution is 7.89. The number of rotatable bonds is 6. The monoisotopic (exact) mass is 468 g/mol. The Morgan fingerprint density at radius 1 is 1.13 bits per heavy atom. The number of hydrogen-bond donors (Lipinski definition) is 0. The first kappa shape index (κ1) is 21.5. The predicted octanol–water partition coefficient (Wildman–Crippen LogP) is 2.54. The van der Waals surface area contributed by atoms with E-state index in [0.29, 0.717) is 17.8 Å². The van der Waals surface area contributed by atoms with E-state index in [9.17, 15) is 22.0 Å². The van der Waals surface area contributed by atoms with Gasteiger partial charge in [-0.05, 0) is 29.6 Å². The van der Waals surface area contributed by atoms with E-state index in [-0.39, 0.29) is 44.9 Å². The molecule has 0 bridgehead atoms. The van der Waals surface area contributed by atoms with Crippen LogP contribution in [0.5, 0.6) is 0 Å². The van der Waals surface area contributed by atoms with E-state index in [2.05, 4.69) is 10.2 Å². The summed E-state index contributed by atoms with van der Waals surface area (Å²) in [6.07, 6.45) is 0.402. The van der Waals surface area contributed by atoms with Gasteiger partial charge in [-0.15, -0.1) is 10.2 Å². The Labute approximate surface area is 181 Å². The summed E-state index contributed by atoms with van der Waals surface area (Å²) in [5.74, 6) is -1.29. The summed E-state index contributed by atoms with van der Waals surface area (Å²) in [4.78, 5) is 13.3. The summed E-state index contributed by atoms with van der Waals surface area (Å²) in [6, 6.07) is 4.16. The van der Waals surface area contributed by atoms with Crippen molar-refractivity contribution in [2.45, 2.75) is 17.7 Å². The minimum Gasteiger partial charge on any atom is -0.421 e. The fraction of sp³-hybridized carbons (Fsp3) is 0.316. The van der Waals surface area contributed by atoms with E-state index in [0.717, 1.165) is 22.0 Å². The van der Waals surface area contributed by atoms with Crippen LogP contribution < -0.4 is 0 Å². The van der Waals surface area contributed by atoms with Gasteiger partial charge in [0, 0.05) is 50.0 Å². The third kappa shape index (κ3) is 4.65. The van der Waals surface area contributed by atoms with Crippen LogP contribution in [0.2, 0.25) is 0 Å². The van der Waals surface area contributed by atoms with Crippen molar-refractivity contribution in [2.24, 2.45) is 0 Å². The highest BCUT2D eigenvalue weighted by atomic mass is 32.2. The van der Waals surface area contributed by atoms with Gasteiger partial charge in [-0.3, -0.25) is 4.79 Å². The normalized spacial score (nSPS) is 15.4. The largest absolute Gasteiger partial charge is 0.421 e. The van der Waals surface area contributed by atoms with Crippen LogP contribution in [0.25, 0.3) is 11.5 Å². The van der Waals surface area contributed by atoms with Gasteiger partial charge in [0.2, 0.25) is 27.7 Å². The van der Waals surface area contributed by atoms with Crippen molar-refractivity contribution < 1.29 is 26.4 Å². The minimum absolute atomic E-state index is 0.00706. The van der Waals surface area contributed by atoms with Crippen molar-refractivity contribution in [2.75, 3.05) is 26.2 Å². The summed E-state index contributed by atoms with van der Waals surface area (Å²) >= 11 is 1.51. The number of halogens is 2. The van der Waals surface area contributed by atoms with Gasteiger partial charge in [-0.2, -0.15) is 15.6 Å². The third-order valence-corrected chi connectivity index (χ3v) is 7.49. The van der Waals surface area contributed by atoms with Crippen molar-refractivity contribution in [3.05, 3.63) is 52.6 Å². The van der Waals surface area contributed by atoms with Gasteiger partial charge in [0.05, 0.1) is 0 Å². The Balaban J connectivity index is 1.32. The number of carbonyl (C=O) groups excluding carboxylic acids is 1. The van der Waals surface area contributed by atoms with Gasteiger partial charge in [-0.1, -0.05) is 0 Å². The summed E-state index contributed by atoms with van der Waals surface area (Å²) in [7, 11) is -4.19. The molecule has 3 aromatic rings. The molecule has 0 N–H and O–H groups in total. The van der Waals surface area contributed by atoms with E-state index >= 15 is 0 Å². The molecule has 0 saturated carbocycles. The molecule has 2 aromatic heterocycles. The average molecular weight is 469 g/mol. The molecule has 0 unspecified atom stereocenters. The minimum atomic E-state index is -4.19. The van der Waals surface area contributed by atoms with Crippen molar-refractivity contribution in [1.29, 1.82) is 0 Å². The number of piperazine rings is 1. The fourth-order valence-electron chi connectivity index (χ4n) is 3.22. The molecule has 1 aliphatic rings.